The van der Waals surface area contributed by atoms with Gasteiger partial charge in [-0.05, 0) is 42.9 Å². The summed E-state index contributed by atoms with van der Waals surface area (Å²) in [6.45, 7) is 4.18. The smallest absolute Gasteiger partial charge is 0.223 e. The van der Waals surface area contributed by atoms with Gasteiger partial charge in [0, 0.05) is 54.1 Å². The number of carbonyl (C=O) groups is 2. The fraction of sp³-hybridized carbons (Fsp3) is 0.600. The average Bonchev–Trinajstić information content (AvgIpc) is 3.37. The Balaban J connectivity index is 1.55. The van der Waals surface area contributed by atoms with Crippen LogP contribution in [0.15, 0.2) is 18.2 Å². The van der Waals surface area contributed by atoms with Gasteiger partial charge in [0.15, 0.2) is 0 Å². The lowest BCUT2D eigenvalue weighted by atomic mass is 9.74. The van der Waals surface area contributed by atoms with E-state index in [9.17, 15) is 9.59 Å². The summed E-state index contributed by atoms with van der Waals surface area (Å²) < 4.78 is 5.52. The van der Waals surface area contributed by atoms with E-state index in [1.165, 1.54) is 0 Å². The summed E-state index contributed by atoms with van der Waals surface area (Å²) in [6, 6.07) is 5.52. The highest BCUT2D eigenvalue weighted by molar-refractivity contribution is 6.35. The standard InChI is InChI=1S/C20H26Cl2N2O3/c1-13-10-15(13)19(26)23-7-4-18(25)24-12-20(5-8-27-9-6-20)16-3-2-14(21)11-17(16)22/h2-3,11,13,15H,4-10,12H2,1H3,(H,23,26)(H,24,25). The Morgan fingerprint density at radius 2 is 1.93 bits per heavy atom. The van der Waals surface area contributed by atoms with E-state index in [1.54, 1.807) is 6.07 Å². The first-order valence-corrected chi connectivity index (χ1v) is 10.2. The van der Waals surface area contributed by atoms with Crippen LogP contribution >= 0.6 is 23.2 Å². The van der Waals surface area contributed by atoms with Gasteiger partial charge in [-0.15, -0.1) is 0 Å². The van der Waals surface area contributed by atoms with Gasteiger partial charge < -0.3 is 15.4 Å². The highest BCUT2D eigenvalue weighted by Crippen LogP contribution is 2.39. The van der Waals surface area contributed by atoms with Crippen molar-refractivity contribution in [3.05, 3.63) is 33.8 Å². The first kappa shape index (κ1) is 20.4. The minimum atomic E-state index is -0.262. The molecule has 148 valence electrons. The SMILES string of the molecule is CC1CC1C(=O)NCCC(=O)NCC1(c2ccc(Cl)cc2Cl)CCOCC1. The van der Waals surface area contributed by atoms with E-state index in [2.05, 4.69) is 17.6 Å². The molecule has 2 N–H and O–H groups in total. The minimum absolute atomic E-state index is 0.0594. The Bertz CT molecular complexity index is 704. The summed E-state index contributed by atoms with van der Waals surface area (Å²) in [4.78, 5) is 24.1. The second kappa shape index (κ2) is 8.80. The van der Waals surface area contributed by atoms with E-state index < -0.39 is 0 Å². The van der Waals surface area contributed by atoms with Crippen molar-refractivity contribution >= 4 is 35.0 Å². The normalized spacial score (nSPS) is 23.5. The highest BCUT2D eigenvalue weighted by atomic mass is 35.5. The summed E-state index contributed by atoms with van der Waals surface area (Å²) in [5.41, 5.74) is 0.732. The van der Waals surface area contributed by atoms with Crippen LogP contribution in [0.2, 0.25) is 10.0 Å². The maximum absolute atomic E-state index is 12.3. The second-order valence-electron chi connectivity index (χ2n) is 7.65. The molecule has 2 amide bonds. The van der Waals surface area contributed by atoms with Gasteiger partial charge in [0.2, 0.25) is 11.8 Å². The predicted octanol–water partition coefficient (Wildman–Crippen LogP) is 3.32. The van der Waals surface area contributed by atoms with Gasteiger partial charge >= 0.3 is 0 Å². The molecule has 1 saturated heterocycles. The van der Waals surface area contributed by atoms with Crippen LogP contribution in [0.5, 0.6) is 0 Å². The van der Waals surface area contributed by atoms with Crippen LogP contribution in [-0.2, 0) is 19.7 Å². The van der Waals surface area contributed by atoms with Crippen LogP contribution < -0.4 is 10.6 Å². The van der Waals surface area contributed by atoms with E-state index in [1.807, 2.05) is 12.1 Å². The lowest BCUT2D eigenvalue weighted by Crippen LogP contribution is -2.45. The monoisotopic (exact) mass is 412 g/mol. The quantitative estimate of drug-likeness (QED) is 0.721. The van der Waals surface area contributed by atoms with Crippen molar-refractivity contribution in [1.82, 2.24) is 10.6 Å². The Morgan fingerprint density at radius 1 is 1.22 bits per heavy atom. The molecular formula is C20H26Cl2N2O3. The zero-order valence-electron chi connectivity index (χ0n) is 15.5. The van der Waals surface area contributed by atoms with Crippen LogP contribution in [0.4, 0.5) is 0 Å². The third kappa shape index (κ3) is 5.15. The molecule has 2 unspecified atom stereocenters. The number of carbonyl (C=O) groups excluding carboxylic acids is 2. The Morgan fingerprint density at radius 3 is 2.56 bits per heavy atom. The highest BCUT2D eigenvalue weighted by Gasteiger charge is 2.39. The fourth-order valence-electron chi connectivity index (χ4n) is 3.70. The van der Waals surface area contributed by atoms with Gasteiger partial charge in [-0.1, -0.05) is 36.2 Å². The average molecular weight is 413 g/mol. The lowest BCUT2D eigenvalue weighted by molar-refractivity contribution is -0.123. The number of halogens is 2. The number of ether oxygens (including phenoxy) is 1. The number of hydrogen-bond acceptors (Lipinski definition) is 3. The van der Waals surface area contributed by atoms with Crippen molar-refractivity contribution in [2.75, 3.05) is 26.3 Å². The van der Waals surface area contributed by atoms with Gasteiger partial charge in [-0.2, -0.15) is 0 Å². The number of amides is 2. The number of rotatable bonds is 7. The van der Waals surface area contributed by atoms with Crippen molar-refractivity contribution in [3.63, 3.8) is 0 Å². The van der Waals surface area contributed by atoms with Crippen LogP contribution in [-0.4, -0.2) is 38.1 Å². The van der Waals surface area contributed by atoms with Gasteiger partial charge in [-0.3, -0.25) is 9.59 Å². The largest absolute Gasteiger partial charge is 0.381 e. The topological polar surface area (TPSA) is 67.4 Å². The maximum Gasteiger partial charge on any atom is 0.223 e. The molecule has 0 bridgehead atoms. The molecule has 2 aliphatic rings. The van der Waals surface area contributed by atoms with E-state index in [0.29, 0.717) is 42.3 Å². The van der Waals surface area contributed by atoms with Gasteiger partial charge in [0.05, 0.1) is 0 Å². The van der Waals surface area contributed by atoms with Crippen LogP contribution in [0.25, 0.3) is 0 Å². The first-order chi connectivity index (χ1) is 12.9. The van der Waals surface area contributed by atoms with E-state index in [4.69, 9.17) is 27.9 Å². The van der Waals surface area contributed by atoms with Crippen molar-refractivity contribution in [2.24, 2.45) is 11.8 Å². The molecule has 1 aromatic rings. The van der Waals surface area contributed by atoms with Crippen LogP contribution in [0.1, 0.15) is 38.2 Å². The summed E-state index contributed by atoms with van der Waals surface area (Å²) in [5.74, 6) is 0.584. The molecule has 1 heterocycles. The van der Waals surface area contributed by atoms with Crippen molar-refractivity contribution in [1.29, 1.82) is 0 Å². The molecule has 0 aromatic heterocycles. The molecule has 0 spiro atoms. The molecule has 1 saturated carbocycles. The maximum atomic E-state index is 12.3. The molecule has 5 nitrogen and oxygen atoms in total. The zero-order valence-corrected chi connectivity index (χ0v) is 17.0. The molecule has 1 aliphatic heterocycles. The molecule has 27 heavy (non-hydrogen) atoms. The molecule has 2 atom stereocenters. The van der Waals surface area contributed by atoms with E-state index in [0.717, 1.165) is 24.8 Å². The Labute approximate surface area is 170 Å². The summed E-state index contributed by atoms with van der Waals surface area (Å²) in [6.07, 6.45) is 2.79. The number of nitrogens with one attached hydrogen (secondary N) is 2. The van der Waals surface area contributed by atoms with Crippen LogP contribution in [0, 0.1) is 11.8 Å². The van der Waals surface area contributed by atoms with Crippen LogP contribution in [0.3, 0.4) is 0 Å². The molecule has 1 aliphatic carbocycles. The third-order valence-electron chi connectivity index (χ3n) is 5.67. The van der Waals surface area contributed by atoms with Gasteiger partial charge in [-0.25, -0.2) is 0 Å². The zero-order chi connectivity index (χ0) is 19.4. The Kier molecular flexibility index (Phi) is 6.66. The van der Waals surface area contributed by atoms with E-state index >= 15 is 0 Å². The van der Waals surface area contributed by atoms with E-state index in [-0.39, 0.29) is 29.6 Å². The predicted molar refractivity (Wildman–Crippen MR) is 106 cm³/mol. The minimum Gasteiger partial charge on any atom is -0.381 e. The summed E-state index contributed by atoms with van der Waals surface area (Å²) >= 11 is 12.5. The molecule has 0 radical (unpaired) electrons. The van der Waals surface area contributed by atoms with Crippen molar-refractivity contribution < 1.29 is 14.3 Å². The van der Waals surface area contributed by atoms with Gasteiger partial charge in [0.25, 0.3) is 0 Å². The summed E-state index contributed by atoms with van der Waals surface area (Å²) in [7, 11) is 0. The van der Waals surface area contributed by atoms with Crippen molar-refractivity contribution in [2.45, 2.75) is 38.0 Å². The first-order valence-electron chi connectivity index (χ1n) is 9.49. The molecule has 3 rings (SSSR count). The fourth-order valence-corrected chi connectivity index (χ4v) is 4.31. The molecule has 1 aromatic carbocycles. The summed E-state index contributed by atoms with van der Waals surface area (Å²) in [5, 5.41) is 7.08. The molecular weight excluding hydrogens is 387 g/mol. The lowest BCUT2D eigenvalue weighted by Gasteiger charge is -2.38. The third-order valence-corrected chi connectivity index (χ3v) is 6.22. The molecule has 7 heteroatoms. The van der Waals surface area contributed by atoms with Crippen molar-refractivity contribution in [3.8, 4) is 0 Å². The molecule has 2 fully saturated rings. The van der Waals surface area contributed by atoms with Gasteiger partial charge in [0.1, 0.15) is 0 Å². The Hall–Kier alpha value is -1.30. The number of benzene rings is 1. The number of hydrogen-bond donors (Lipinski definition) is 2. The second-order valence-corrected chi connectivity index (χ2v) is 8.50.